The number of oxazole rings is 2. The number of hydrogen-bond acceptors (Lipinski definition) is 4. The molecule has 2 aromatic rings. The Hall–Kier alpha value is -1.10. The van der Waals surface area contributed by atoms with Crippen molar-refractivity contribution in [3.63, 3.8) is 0 Å². The van der Waals surface area contributed by atoms with Gasteiger partial charge in [0.1, 0.15) is 12.5 Å². The molecule has 0 spiro atoms. The summed E-state index contributed by atoms with van der Waals surface area (Å²) in [5.41, 5.74) is 1.89. The van der Waals surface area contributed by atoms with Gasteiger partial charge in [-0.1, -0.05) is 0 Å². The minimum Gasteiger partial charge on any atom is -0.448 e. The van der Waals surface area contributed by atoms with Crippen molar-refractivity contribution in [1.82, 2.24) is 9.97 Å². The van der Waals surface area contributed by atoms with Crippen LogP contribution in [0, 0.1) is 13.8 Å². The number of nitrogens with zero attached hydrogens (tertiary/aromatic N) is 2. The number of aromatic nitrogens is 2. The molecule has 0 amide bonds. The first-order valence-corrected chi connectivity index (χ1v) is 5.94. The molecule has 0 radical (unpaired) electrons. The van der Waals surface area contributed by atoms with Crippen LogP contribution in [0.15, 0.2) is 26.2 Å². The first-order chi connectivity index (χ1) is 7.65. The van der Waals surface area contributed by atoms with Gasteiger partial charge >= 0.3 is 0 Å². The van der Waals surface area contributed by atoms with Crippen LogP contribution in [0.25, 0.3) is 0 Å². The van der Waals surface area contributed by atoms with Crippen LogP contribution >= 0.6 is 15.9 Å². The van der Waals surface area contributed by atoms with Crippen LogP contribution in [-0.2, 0) is 0 Å². The smallest absolute Gasteiger partial charge is 0.264 e. The molecular weight excluding hydrogens is 272 g/mol. The summed E-state index contributed by atoms with van der Waals surface area (Å²) in [5, 5.41) is 0. The SMILES string of the molecule is Cc1coc(Br)n1.Cc1coc(C2CC2)n1. The van der Waals surface area contributed by atoms with E-state index >= 15 is 0 Å². The molecule has 0 aromatic carbocycles. The molecule has 4 nitrogen and oxygen atoms in total. The number of rotatable bonds is 1. The van der Waals surface area contributed by atoms with E-state index in [0.717, 1.165) is 17.3 Å². The van der Waals surface area contributed by atoms with Gasteiger partial charge in [-0.25, -0.2) is 9.97 Å². The van der Waals surface area contributed by atoms with Crippen molar-refractivity contribution in [2.24, 2.45) is 0 Å². The van der Waals surface area contributed by atoms with Crippen LogP contribution in [0.2, 0.25) is 0 Å². The van der Waals surface area contributed by atoms with Crippen LogP contribution in [0.5, 0.6) is 0 Å². The summed E-state index contributed by atoms with van der Waals surface area (Å²) in [4.78, 5) is 8.61. The topological polar surface area (TPSA) is 52.1 Å². The molecule has 1 saturated carbocycles. The van der Waals surface area contributed by atoms with E-state index < -0.39 is 0 Å². The lowest BCUT2D eigenvalue weighted by atomic mass is 10.4. The predicted octanol–water partition coefficient (Wildman–Crippen LogP) is 3.61. The van der Waals surface area contributed by atoms with Gasteiger partial charge in [-0.05, 0) is 26.7 Å². The Morgan fingerprint density at radius 2 is 1.75 bits per heavy atom. The second-order valence-corrected chi connectivity index (χ2v) is 4.52. The van der Waals surface area contributed by atoms with Crippen molar-refractivity contribution in [3.8, 4) is 0 Å². The summed E-state index contributed by atoms with van der Waals surface area (Å²) in [6.45, 7) is 3.82. The lowest BCUT2D eigenvalue weighted by Gasteiger charge is -1.81. The fourth-order valence-corrected chi connectivity index (χ4v) is 1.59. The van der Waals surface area contributed by atoms with Crippen LogP contribution in [0.3, 0.4) is 0 Å². The fraction of sp³-hybridized carbons (Fsp3) is 0.455. The van der Waals surface area contributed by atoms with Gasteiger partial charge in [0.2, 0.25) is 0 Å². The van der Waals surface area contributed by atoms with E-state index in [1.807, 2.05) is 13.8 Å². The molecule has 2 aromatic heterocycles. The van der Waals surface area contributed by atoms with Crippen molar-refractivity contribution in [3.05, 3.63) is 34.6 Å². The molecule has 0 saturated heterocycles. The maximum Gasteiger partial charge on any atom is 0.264 e. The van der Waals surface area contributed by atoms with Gasteiger partial charge in [-0.3, -0.25) is 0 Å². The molecule has 0 atom stereocenters. The average molecular weight is 285 g/mol. The lowest BCUT2D eigenvalue weighted by Crippen LogP contribution is -1.76. The Bertz CT molecular complexity index is 444. The zero-order chi connectivity index (χ0) is 11.5. The third kappa shape index (κ3) is 3.20. The van der Waals surface area contributed by atoms with E-state index in [-0.39, 0.29) is 0 Å². The summed E-state index contributed by atoms with van der Waals surface area (Å²) < 4.78 is 9.95. The minimum atomic E-state index is 0.546. The summed E-state index contributed by atoms with van der Waals surface area (Å²) in [7, 11) is 0. The van der Waals surface area contributed by atoms with Gasteiger partial charge in [0.25, 0.3) is 4.80 Å². The van der Waals surface area contributed by atoms with Gasteiger partial charge in [0.15, 0.2) is 5.89 Å². The maximum absolute atomic E-state index is 5.18. The van der Waals surface area contributed by atoms with E-state index in [2.05, 4.69) is 25.9 Å². The van der Waals surface area contributed by atoms with Gasteiger partial charge in [-0.2, -0.15) is 0 Å². The van der Waals surface area contributed by atoms with Crippen LogP contribution in [0.4, 0.5) is 0 Å². The predicted molar refractivity (Wildman–Crippen MR) is 62.2 cm³/mol. The molecule has 16 heavy (non-hydrogen) atoms. The van der Waals surface area contributed by atoms with Crippen molar-refractivity contribution in [1.29, 1.82) is 0 Å². The van der Waals surface area contributed by atoms with Gasteiger partial charge in [0.05, 0.1) is 11.4 Å². The van der Waals surface area contributed by atoms with E-state index in [1.165, 1.54) is 12.8 Å². The third-order valence-corrected chi connectivity index (χ3v) is 2.52. The number of aryl methyl sites for hydroxylation is 2. The highest BCUT2D eigenvalue weighted by atomic mass is 79.9. The molecule has 86 valence electrons. The van der Waals surface area contributed by atoms with Crippen LogP contribution in [-0.4, -0.2) is 9.97 Å². The highest BCUT2D eigenvalue weighted by molar-refractivity contribution is 9.10. The molecule has 5 heteroatoms. The molecular formula is C11H13BrN2O2. The minimum absolute atomic E-state index is 0.546. The van der Waals surface area contributed by atoms with E-state index in [1.54, 1.807) is 12.5 Å². The first kappa shape index (κ1) is 11.4. The molecule has 1 aliphatic rings. The second-order valence-electron chi connectivity index (χ2n) is 3.84. The Labute approximate surface area is 102 Å². The Morgan fingerprint density at radius 3 is 2.06 bits per heavy atom. The standard InChI is InChI=1S/C7H9NO.C4H4BrNO/c1-5-4-9-7(8-5)6-2-3-6;1-3-2-7-4(5)6-3/h4,6H,2-3H2,1H3;2H,1H3. The molecule has 1 fully saturated rings. The van der Waals surface area contributed by atoms with Gasteiger partial charge in [-0.15, -0.1) is 0 Å². The monoisotopic (exact) mass is 284 g/mol. The van der Waals surface area contributed by atoms with Crippen molar-refractivity contribution in [2.75, 3.05) is 0 Å². The molecule has 2 heterocycles. The normalized spacial score (nSPS) is 14.4. The van der Waals surface area contributed by atoms with Crippen LogP contribution < -0.4 is 0 Å². The van der Waals surface area contributed by atoms with Gasteiger partial charge < -0.3 is 8.83 Å². The molecule has 0 bridgehead atoms. The Morgan fingerprint density at radius 1 is 1.12 bits per heavy atom. The first-order valence-electron chi connectivity index (χ1n) is 5.15. The summed E-state index contributed by atoms with van der Waals surface area (Å²) >= 11 is 3.05. The maximum atomic E-state index is 5.18. The Kier molecular flexibility index (Phi) is 3.43. The molecule has 0 aliphatic heterocycles. The molecule has 3 rings (SSSR count). The summed E-state index contributed by atoms with van der Waals surface area (Å²) in [6.07, 6.45) is 5.83. The summed E-state index contributed by atoms with van der Waals surface area (Å²) in [6, 6.07) is 0. The second kappa shape index (κ2) is 4.82. The quantitative estimate of drug-likeness (QED) is 0.803. The Balaban J connectivity index is 0.000000125. The largest absolute Gasteiger partial charge is 0.448 e. The summed E-state index contributed by atoms with van der Waals surface area (Å²) in [5.74, 6) is 1.59. The van der Waals surface area contributed by atoms with Gasteiger partial charge in [0, 0.05) is 21.8 Å². The highest BCUT2D eigenvalue weighted by Crippen LogP contribution is 2.39. The zero-order valence-corrected chi connectivity index (χ0v) is 10.8. The van der Waals surface area contributed by atoms with Crippen LogP contribution in [0.1, 0.15) is 36.0 Å². The molecule has 1 aliphatic carbocycles. The lowest BCUT2D eigenvalue weighted by molar-refractivity contribution is 0.497. The third-order valence-electron chi connectivity index (χ3n) is 2.15. The number of hydrogen-bond donors (Lipinski definition) is 0. The van der Waals surface area contributed by atoms with E-state index in [4.69, 9.17) is 8.83 Å². The van der Waals surface area contributed by atoms with Crippen molar-refractivity contribution >= 4 is 15.9 Å². The highest BCUT2D eigenvalue weighted by Gasteiger charge is 2.27. The van der Waals surface area contributed by atoms with Crippen molar-refractivity contribution < 1.29 is 8.83 Å². The van der Waals surface area contributed by atoms with E-state index in [0.29, 0.717) is 10.7 Å². The van der Waals surface area contributed by atoms with Crippen molar-refractivity contribution in [2.45, 2.75) is 32.6 Å². The average Bonchev–Trinajstić information content (AvgIpc) is 2.90. The number of halogens is 1. The molecule has 0 N–H and O–H groups in total. The fourth-order valence-electron chi connectivity index (χ4n) is 1.22. The molecule has 0 unspecified atom stereocenters. The van der Waals surface area contributed by atoms with E-state index in [9.17, 15) is 0 Å². The zero-order valence-electron chi connectivity index (χ0n) is 9.24.